The number of ether oxygens (including phenoxy) is 1. The summed E-state index contributed by atoms with van der Waals surface area (Å²) in [6.45, 7) is 6.95. The Morgan fingerprint density at radius 1 is 1.55 bits per heavy atom. The molecule has 1 aliphatic heterocycles. The molecule has 2 atom stereocenters. The normalized spacial score (nSPS) is 26.2. The van der Waals surface area contributed by atoms with Gasteiger partial charge in [-0.3, -0.25) is 10.1 Å². The summed E-state index contributed by atoms with van der Waals surface area (Å²) in [6, 6.07) is 5.25. The van der Waals surface area contributed by atoms with Crippen LogP contribution in [-0.4, -0.2) is 23.2 Å². The molecule has 5 heteroatoms. The largest absolute Gasteiger partial charge is 0.382 e. The fraction of sp³-hybridized carbons (Fsp3) is 0.600. The Morgan fingerprint density at radius 3 is 2.95 bits per heavy atom. The number of benzene rings is 1. The zero-order valence-electron chi connectivity index (χ0n) is 12.3. The van der Waals surface area contributed by atoms with E-state index in [0.29, 0.717) is 6.04 Å². The van der Waals surface area contributed by atoms with Gasteiger partial charge in [0.05, 0.1) is 10.5 Å². The van der Waals surface area contributed by atoms with Gasteiger partial charge in [-0.15, -0.1) is 0 Å². The summed E-state index contributed by atoms with van der Waals surface area (Å²) in [4.78, 5) is 10.5. The minimum absolute atomic E-state index is 0.0927. The fourth-order valence-corrected chi connectivity index (χ4v) is 2.60. The first kappa shape index (κ1) is 14.8. The van der Waals surface area contributed by atoms with Crippen molar-refractivity contribution >= 4 is 11.4 Å². The lowest BCUT2D eigenvalue weighted by atomic mass is 9.89. The van der Waals surface area contributed by atoms with E-state index in [0.717, 1.165) is 37.1 Å². The maximum atomic E-state index is 10.9. The first-order chi connectivity index (χ1) is 9.43. The third kappa shape index (κ3) is 3.28. The van der Waals surface area contributed by atoms with Crippen LogP contribution in [0.25, 0.3) is 0 Å². The zero-order chi connectivity index (χ0) is 14.8. The first-order valence-corrected chi connectivity index (χ1v) is 7.09. The van der Waals surface area contributed by atoms with Gasteiger partial charge in [0.15, 0.2) is 0 Å². The van der Waals surface area contributed by atoms with Gasteiger partial charge in [-0.05, 0) is 38.7 Å². The molecule has 1 fully saturated rings. The highest BCUT2D eigenvalue weighted by Gasteiger charge is 2.31. The van der Waals surface area contributed by atoms with Crippen molar-refractivity contribution in [1.29, 1.82) is 0 Å². The molecule has 0 saturated carbocycles. The van der Waals surface area contributed by atoms with E-state index in [2.05, 4.69) is 19.2 Å². The second-order valence-corrected chi connectivity index (χ2v) is 5.74. The summed E-state index contributed by atoms with van der Waals surface area (Å²) in [5.41, 5.74) is 1.91. The Morgan fingerprint density at radius 2 is 2.30 bits per heavy atom. The SMILES string of the molecule is CCC1(C)CC(Nc2cc([N+](=O)[O-])ccc2C)CCO1. The van der Waals surface area contributed by atoms with Gasteiger partial charge in [-0.1, -0.05) is 13.0 Å². The molecule has 2 rings (SSSR count). The van der Waals surface area contributed by atoms with Crippen molar-refractivity contribution in [3.05, 3.63) is 33.9 Å². The van der Waals surface area contributed by atoms with E-state index in [4.69, 9.17) is 4.74 Å². The summed E-state index contributed by atoms with van der Waals surface area (Å²) in [5.74, 6) is 0. The smallest absolute Gasteiger partial charge is 0.271 e. The third-order valence-corrected chi connectivity index (χ3v) is 4.13. The van der Waals surface area contributed by atoms with E-state index in [1.165, 1.54) is 0 Å². The summed E-state index contributed by atoms with van der Waals surface area (Å²) >= 11 is 0. The van der Waals surface area contributed by atoms with Crippen molar-refractivity contribution < 1.29 is 9.66 Å². The second kappa shape index (κ2) is 5.79. The summed E-state index contributed by atoms with van der Waals surface area (Å²) in [7, 11) is 0. The van der Waals surface area contributed by atoms with Crippen LogP contribution in [0, 0.1) is 17.0 Å². The number of hydrogen-bond acceptors (Lipinski definition) is 4. The molecule has 0 amide bonds. The molecule has 110 valence electrons. The zero-order valence-corrected chi connectivity index (χ0v) is 12.3. The number of anilines is 1. The number of aryl methyl sites for hydroxylation is 1. The number of rotatable bonds is 4. The molecule has 1 aromatic rings. The highest BCUT2D eigenvalue weighted by Crippen LogP contribution is 2.31. The number of nitrogens with zero attached hydrogens (tertiary/aromatic N) is 1. The predicted molar refractivity (Wildman–Crippen MR) is 79.1 cm³/mol. The van der Waals surface area contributed by atoms with Crippen LogP contribution in [0.4, 0.5) is 11.4 Å². The Bertz CT molecular complexity index is 504. The van der Waals surface area contributed by atoms with Crippen LogP contribution in [0.15, 0.2) is 18.2 Å². The molecule has 0 aliphatic carbocycles. The van der Waals surface area contributed by atoms with E-state index in [-0.39, 0.29) is 16.2 Å². The van der Waals surface area contributed by atoms with Crippen molar-refractivity contribution in [3.8, 4) is 0 Å². The Hall–Kier alpha value is -1.62. The minimum Gasteiger partial charge on any atom is -0.382 e. The van der Waals surface area contributed by atoms with Crippen molar-refractivity contribution in [2.24, 2.45) is 0 Å². The molecule has 1 aromatic carbocycles. The predicted octanol–water partition coefficient (Wildman–Crippen LogP) is 3.66. The lowest BCUT2D eigenvalue weighted by molar-refractivity contribution is -0.384. The van der Waals surface area contributed by atoms with Gasteiger partial charge >= 0.3 is 0 Å². The Kier molecular flexibility index (Phi) is 4.28. The summed E-state index contributed by atoms with van der Waals surface area (Å²) in [6.07, 6.45) is 2.82. The van der Waals surface area contributed by atoms with Crippen LogP contribution >= 0.6 is 0 Å². The van der Waals surface area contributed by atoms with Crippen LogP contribution in [-0.2, 0) is 4.74 Å². The number of hydrogen-bond donors (Lipinski definition) is 1. The molecule has 0 radical (unpaired) electrons. The van der Waals surface area contributed by atoms with Crippen molar-refractivity contribution in [1.82, 2.24) is 0 Å². The monoisotopic (exact) mass is 278 g/mol. The van der Waals surface area contributed by atoms with E-state index in [1.54, 1.807) is 18.2 Å². The van der Waals surface area contributed by atoms with E-state index >= 15 is 0 Å². The first-order valence-electron chi connectivity index (χ1n) is 7.09. The molecule has 0 aromatic heterocycles. The average Bonchev–Trinajstić information content (AvgIpc) is 2.41. The molecule has 0 spiro atoms. The quantitative estimate of drug-likeness (QED) is 0.674. The topological polar surface area (TPSA) is 64.4 Å². The molecule has 1 heterocycles. The number of non-ortho nitro benzene ring substituents is 1. The van der Waals surface area contributed by atoms with E-state index < -0.39 is 0 Å². The second-order valence-electron chi connectivity index (χ2n) is 5.74. The third-order valence-electron chi connectivity index (χ3n) is 4.13. The summed E-state index contributed by atoms with van der Waals surface area (Å²) in [5, 5.41) is 14.3. The van der Waals surface area contributed by atoms with Crippen LogP contribution < -0.4 is 5.32 Å². The highest BCUT2D eigenvalue weighted by molar-refractivity contribution is 5.57. The van der Waals surface area contributed by atoms with Crippen LogP contribution in [0.2, 0.25) is 0 Å². The standard InChI is InChI=1S/C15H22N2O3/c1-4-15(3)10-12(7-8-20-15)16-14-9-13(17(18)19)6-5-11(14)2/h5-6,9,12,16H,4,7-8,10H2,1-3H3. The van der Waals surface area contributed by atoms with Gasteiger partial charge in [0, 0.05) is 30.5 Å². The van der Waals surface area contributed by atoms with Gasteiger partial charge in [0.2, 0.25) is 0 Å². The molecule has 0 bridgehead atoms. The molecular weight excluding hydrogens is 256 g/mol. The van der Waals surface area contributed by atoms with Crippen LogP contribution in [0.5, 0.6) is 0 Å². The minimum atomic E-state index is -0.356. The highest BCUT2D eigenvalue weighted by atomic mass is 16.6. The van der Waals surface area contributed by atoms with Gasteiger partial charge in [0.1, 0.15) is 0 Å². The average molecular weight is 278 g/mol. The van der Waals surface area contributed by atoms with Crippen molar-refractivity contribution in [2.75, 3.05) is 11.9 Å². The molecule has 1 N–H and O–H groups in total. The maximum Gasteiger partial charge on any atom is 0.271 e. The van der Waals surface area contributed by atoms with E-state index in [9.17, 15) is 10.1 Å². The van der Waals surface area contributed by atoms with Crippen molar-refractivity contribution in [2.45, 2.75) is 51.7 Å². The molecule has 1 aliphatic rings. The lowest BCUT2D eigenvalue weighted by Gasteiger charge is -2.38. The fourth-order valence-electron chi connectivity index (χ4n) is 2.60. The molecule has 1 saturated heterocycles. The van der Waals surface area contributed by atoms with E-state index in [1.807, 2.05) is 6.92 Å². The number of nitrogens with one attached hydrogen (secondary N) is 1. The van der Waals surface area contributed by atoms with Crippen LogP contribution in [0.1, 0.15) is 38.7 Å². The molecule has 2 unspecified atom stereocenters. The lowest BCUT2D eigenvalue weighted by Crippen LogP contribution is -2.41. The summed E-state index contributed by atoms with van der Waals surface area (Å²) < 4.78 is 5.83. The van der Waals surface area contributed by atoms with Gasteiger partial charge in [-0.2, -0.15) is 0 Å². The van der Waals surface area contributed by atoms with Gasteiger partial charge in [0.25, 0.3) is 5.69 Å². The molecule has 20 heavy (non-hydrogen) atoms. The molecular formula is C15H22N2O3. The molecule has 5 nitrogen and oxygen atoms in total. The van der Waals surface area contributed by atoms with Crippen LogP contribution in [0.3, 0.4) is 0 Å². The van der Waals surface area contributed by atoms with Gasteiger partial charge in [-0.25, -0.2) is 0 Å². The van der Waals surface area contributed by atoms with Gasteiger partial charge < -0.3 is 10.1 Å². The number of nitro groups is 1. The Labute approximate surface area is 119 Å². The number of nitro benzene ring substituents is 1. The maximum absolute atomic E-state index is 10.9. The Balaban J connectivity index is 2.13. The van der Waals surface area contributed by atoms with Crippen molar-refractivity contribution in [3.63, 3.8) is 0 Å².